The number of allylic oxidation sites excluding steroid dienone is 5. The third-order valence-corrected chi connectivity index (χ3v) is 4.29. The van der Waals surface area contributed by atoms with Crippen molar-refractivity contribution in [2.45, 2.75) is 103 Å². The quantitative estimate of drug-likeness (QED) is 0.223. The molecule has 1 unspecified atom stereocenters. The van der Waals surface area contributed by atoms with Crippen molar-refractivity contribution in [2.75, 3.05) is 0 Å². The van der Waals surface area contributed by atoms with Crippen LogP contribution in [0.4, 0.5) is 0 Å². The van der Waals surface area contributed by atoms with Crippen LogP contribution in [0.1, 0.15) is 96.8 Å². The first-order valence-electron chi connectivity index (χ1n) is 9.93. The predicted octanol–water partition coefficient (Wildman–Crippen LogP) is 7.13. The fraction of sp³-hybridized carbons (Fsp3) is 0.727. The van der Waals surface area contributed by atoms with Crippen LogP contribution < -0.4 is 0 Å². The Labute approximate surface area is 145 Å². The minimum atomic E-state index is -0.0549. The van der Waals surface area contributed by atoms with Gasteiger partial charge < -0.3 is 5.11 Å². The number of aliphatic hydroxyl groups excluding tert-OH is 1. The van der Waals surface area contributed by atoms with Crippen molar-refractivity contribution in [1.82, 2.24) is 0 Å². The zero-order valence-corrected chi connectivity index (χ0v) is 15.5. The molecule has 0 heterocycles. The maximum Gasteiger partial charge on any atom is 0.0540 e. The second-order valence-corrected chi connectivity index (χ2v) is 6.60. The molecule has 134 valence electrons. The van der Waals surface area contributed by atoms with Gasteiger partial charge in [-0.05, 0) is 25.7 Å². The lowest BCUT2D eigenvalue weighted by Crippen LogP contribution is -2.05. The number of hydrogen-bond donors (Lipinski definition) is 1. The summed E-state index contributed by atoms with van der Waals surface area (Å²) in [6.45, 7) is 5.89. The third-order valence-electron chi connectivity index (χ3n) is 4.29. The summed E-state index contributed by atoms with van der Waals surface area (Å²) in [5.41, 5.74) is 0. The Bertz CT molecular complexity index is 290. The standard InChI is InChI=1S/C22H40O/c1-3-5-7-9-11-12-13-14-15-17-19-21-22(23)20-18-16-10-8-6-4-2/h3,5,7,9,11,22-23H,1,4,6,8,10,12-21H2,2H3. The Kier molecular flexibility index (Phi) is 18.5. The van der Waals surface area contributed by atoms with Crippen LogP contribution in [0, 0.1) is 0 Å². The van der Waals surface area contributed by atoms with Gasteiger partial charge >= 0.3 is 0 Å². The minimum Gasteiger partial charge on any atom is -0.393 e. The van der Waals surface area contributed by atoms with E-state index in [0.29, 0.717) is 0 Å². The molecule has 0 rings (SSSR count). The van der Waals surface area contributed by atoms with Crippen molar-refractivity contribution in [1.29, 1.82) is 0 Å². The highest BCUT2D eigenvalue weighted by Gasteiger charge is 2.03. The zero-order valence-electron chi connectivity index (χ0n) is 15.5. The second-order valence-electron chi connectivity index (χ2n) is 6.60. The van der Waals surface area contributed by atoms with E-state index in [4.69, 9.17) is 0 Å². The summed E-state index contributed by atoms with van der Waals surface area (Å²) >= 11 is 0. The highest BCUT2D eigenvalue weighted by Crippen LogP contribution is 2.14. The molecule has 0 aromatic carbocycles. The first kappa shape index (κ1) is 22.2. The molecule has 23 heavy (non-hydrogen) atoms. The number of rotatable bonds is 17. The van der Waals surface area contributed by atoms with Crippen molar-refractivity contribution >= 4 is 0 Å². The Morgan fingerprint density at radius 3 is 1.91 bits per heavy atom. The molecule has 0 saturated heterocycles. The molecule has 0 spiro atoms. The second kappa shape index (κ2) is 19.2. The van der Waals surface area contributed by atoms with E-state index < -0.39 is 0 Å². The Morgan fingerprint density at radius 1 is 0.739 bits per heavy atom. The average Bonchev–Trinajstić information content (AvgIpc) is 2.56. The van der Waals surface area contributed by atoms with Gasteiger partial charge in [0, 0.05) is 0 Å². The van der Waals surface area contributed by atoms with Crippen molar-refractivity contribution in [3.05, 3.63) is 37.0 Å². The summed E-state index contributed by atoms with van der Waals surface area (Å²) in [6, 6.07) is 0. The normalized spacial score (nSPS) is 13.1. The van der Waals surface area contributed by atoms with E-state index in [-0.39, 0.29) is 6.10 Å². The van der Waals surface area contributed by atoms with Gasteiger partial charge in [-0.15, -0.1) is 0 Å². The van der Waals surface area contributed by atoms with E-state index in [1.54, 1.807) is 6.08 Å². The largest absolute Gasteiger partial charge is 0.393 e. The van der Waals surface area contributed by atoms with Gasteiger partial charge in [0.25, 0.3) is 0 Å². The molecule has 0 aromatic heterocycles. The van der Waals surface area contributed by atoms with Crippen LogP contribution >= 0.6 is 0 Å². The van der Waals surface area contributed by atoms with E-state index >= 15 is 0 Å². The van der Waals surface area contributed by atoms with E-state index in [1.807, 2.05) is 12.2 Å². The van der Waals surface area contributed by atoms with Crippen molar-refractivity contribution in [3.63, 3.8) is 0 Å². The van der Waals surface area contributed by atoms with Crippen molar-refractivity contribution in [2.24, 2.45) is 0 Å². The molecule has 1 heteroatoms. The smallest absolute Gasteiger partial charge is 0.0540 e. The van der Waals surface area contributed by atoms with Gasteiger partial charge in [0.1, 0.15) is 0 Å². The molecule has 0 bridgehead atoms. The maximum atomic E-state index is 9.97. The van der Waals surface area contributed by atoms with Crippen molar-refractivity contribution < 1.29 is 5.11 Å². The first-order chi connectivity index (χ1) is 11.3. The van der Waals surface area contributed by atoms with Gasteiger partial charge in [0.05, 0.1) is 6.10 Å². The topological polar surface area (TPSA) is 20.2 Å². The van der Waals surface area contributed by atoms with Gasteiger partial charge in [-0.25, -0.2) is 0 Å². The summed E-state index contributed by atoms with van der Waals surface area (Å²) in [7, 11) is 0. The molecule has 1 atom stereocenters. The molecule has 0 fully saturated rings. The van der Waals surface area contributed by atoms with Crippen LogP contribution in [-0.2, 0) is 0 Å². The van der Waals surface area contributed by atoms with Crippen molar-refractivity contribution in [3.8, 4) is 0 Å². The SMILES string of the molecule is C=CC=CC=CCCCCCCCC(O)CCCCCCCC. The lowest BCUT2D eigenvalue weighted by molar-refractivity contribution is 0.147. The molecule has 1 nitrogen and oxygen atoms in total. The molecule has 0 aliphatic rings. The molecule has 0 radical (unpaired) electrons. The highest BCUT2D eigenvalue weighted by atomic mass is 16.3. The van der Waals surface area contributed by atoms with Gasteiger partial charge in [-0.2, -0.15) is 0 Å². The van der Waals surface area contributed by atoms with Crippen LogP contribution in [0.15, 0.2) is 37.0 Å². The van der Waals surface area contributed by atoms with Gasteiger partial charge in [-0.3, -0.25) is 0 Å². The van der Waals surface area contributed by atoms with E-state index in [9.17, 15) is 5.11 Å². The predicted molar refractivity (Wildman–Crippen MR) is 105 cm³/mol. The fourth-order valence-corrected chi connectivity index (χ4v) is 2.79. The molecule has 0 aliphatic heterocycles. The summed E-state index contributed by atoms with van der Waals surface area (Å²) in [6.07, 6.45) is 27.5. The summed E-state index contributed by atoms with van der Waals surface area (Å²) in [4.78, 5) is 0. The summed E-state index contributed by atoms with van der Waals surface area (Å²) < 4.78 is 0. The van der Waals surface area contributed by atoms with Gasteiger partial charge in [-0.1, -0.05) is 108 Å². The van der Waals surface area contributed by atoms with Crippen LogP contribution in [0.2, 0.25) is 0 Å². The highest BCUT2D eigenvalue weighted by molar-refractivity contribution is 5.08. The number of hydrogen-bond acceptors (Lipinski definition) is 1. The summed E-state index contributed by atoms with van der Waals surface area (Å²) in [5, 5.41) is 9.97. The fourth-order valence-electron chi connectivity index (χ4n) is 2.79. The molecule has 0 amide bonds. The molecule has 0 aromatic rings. The summed E-state index contributed by atoms with van der Waals surface area (Å²) in [5.74, 6) is 0. The lowest BCUT2D eigenvalue weighted by Gasteiger charge is -2.10. The first-order valence-corrected chi connectivity index (χ1v) is 9.93. The molecule has 0 aliphatic carbocycles. The number of aliphatic hydroxyl groups is 1. The zero-order chi connectivity index (χ0) is 17.0. The Morgan fingerprint density at radius 2 is 1.30 bits per heavy atom. The van der Waals surface area contributed by atoms with Crippen LogP contribution in [0.5, 0.6) is 0 Å². The average molecular weight is 321 g/mol. The Balaban J connectivity index is 3.23. The molecule has 1 N–H and O–H groups in total. The lowest BCUT2D eigenvalue weighted by atomic mass is 10.0. The molecular weight excluding hydrogens is 280 g/mol. The maximum absolute atomic E-state index is 9.97. The van der Waals surface area contributed by atoms with Crippen LogP contribution in [0.25, 0.3) is 0 Å². The third kappa shape index (κ3) is 19.1. The van der Waals surface area contributed by atoms with Crippen LogP contribution in [-0.4, -0.2) is 11.2 Å². The molecular formula is C22H40O. The van der Waals surface area contributed by atoms with Gasteiger partial charge in [0.15, 0.2) is 0 Å². The van der Waals surface area contributed by atoms with E-state index in [1.165, 1.54) is 77.0 Å². The van der Waals surface area contributed by atoms with Crippen LogP contribution in [0.3, 0.4) is 0 Å². The molecule has 0 saturated carbocycles. The van der Waals surface area contributed by atoms with Gasteiger partial charge in [0.2, 0.25) is 0 Å². The van der Waals surface area contributed by atoms with E-state index in [2.05, 4.69) is 25.7 Å². The minimum absolute atomic E-state index is 0.0549. The Hall–Kier alpha value is -0.820. The van der Waals surface area contributed by atoms with E-state index in [0.717, 1.165) is 12.8 Å². The monoisotopic (exact) mass is 320 g/mol. The number of unbranched alkanes of at least 4 members (excludes halogenated alkanes) is 10.